The maximum absolute atomic E-state index is 3.76. The molecule has 1 aromatic rings. The third-order valence-electron chi connectivity index (χ3n) is 1.62. The van der Waals surface area contributed by atoms with E-state index in [1.165, 1.54) is 19.3 Å². The zero-order chi connectivity index (χ0) is 9.36. The molecular formula is C8H15N5. The molecule has 5 nitrogen and oxygen atoms in total. The molecule has 1 heterocycles. The van der Waals surface area contributed by atoms with E-state index in [0.29, 0.717) is 5.82 Å². The SMILES string of the molecule is CCCCCNNc1ccnnn1. The molecule has 0 aliphatic carbocycles. The van der Waals surface area contributed by atoms with Crippen molar-refractivity contribution in [1.82, 2.24) is 20.8 Å². The molecule has 1 aromatic heterocycles. The van der Waals surface area contributed by atoms with Crippen molar-refractivity contribution in [3.05, 3.63) is 12.3 Å². The van der Waals surface area contributed by atoms with Gasteiger partial charge in [-0.2, -0.15) is 0 Å². The van der Waals surface area contributed by atoms with E-state index < -0.39 is 0 Å². The molecule has 0 saturated heterocycles. The van der Waals surface area contributed by atoms with Crippen LogP contribution in [0.2, 0.25) is 0 Å². The van der Waals surface area contributed by atoms with Gasteiger partial charge >= 0.3 is 0 Å². The summed E-state index contributed by atoms with van der Waals surface area (Å²) in [6, 6.07) is 1.76. The zero-order valence-electron chi connectivity index (χ0n) is 7.82. The van der Waals surface area contributed by atoms with Gasteiger partial charge in [0.2, 0.25) is 0 Å². The Morgan fingerprint density at radius 2 is 2.31 bits per heavy atom. The number of hydrogen-bond donors (Lipinski definition) is 2. The van der Waals surface area contributed by atoms with Gasteiger partial charge in [0.1, 0.15) is 0 Å². The van der Waals surface area contributed by atoms with Crippen LogP contribution >= 0.6 is 0 Å². The van der Waals surface area contributed by atoms with E-state index in [-0.39, 0.29) is 0 Å². The highest BCUT2D eigenvalue weighted by molar-refractivity contribution is 5.28. The summed E-state index contributed by atoms with van der Waals surface area (Å²) in [5, 5.41) is 10.8. The third-order valence-corrected chi connectivity index (χ3v) is 1.62. The van der Waals surface area contributed by atoms with Crippen LogP contribution in [-0.2, 0) is 0 Å². The van der Waals surface area contributed by atoms with E-state index in [2.05, 4.69) is 33.2 Å². The maximum atomic E-state index is 3.76. The van der Waals surface area contributed by atoms with Crippen molar-refractivity contribution in [2.45, 2.75) is 26.2 Å². The maximum Gasteiger partial charge on any atom is 0.166 e. The lowest BCUT2D eigenvalue weighted by molar-refractivity contribution is 0.658. The molecule has 0 spiro atoms. The molecular weight excluding hydrogens is 166 g/mol. The lowest BCUT2D eigenvalue weighted by Crippen LogP contribution is -2.23. The van der Waals surface area contributed by atoms with Crippen molar-refractivity contribution >= 4 is 5.82 Å². The van der Waals surface area contributed by atoms with Gasteiger partial charge in [-0.15, -0.1) is 10.2 Å². The molecule has 0 aliphatic heterocycles. The highest BCUT2D eigenvalue weighted by Gasteiger charge is 1.90. The molecule has 0 fully saturated rings. The topological polar surface area (TPSA) is 62.7 Å². The van der Waals surface area contributed by atoms with Gasteiger partial charge < -0.3 is 5.43 Å². The van der Waals surface area contributed by atoms with Crippen molar-refractivity contribution in [2.24, 2.45) is 0 Å². The number of anilines is 1. The molecule has 0 atom stereocenters. The Hall–Kier alpha value is -1.23. The summed E-state index contributed by atoms with van der Waals surface area (Å²) in [5.74, 6) is 0.700. The van der Waals surface area contributed by atoms with E-state index in [4.69, 9.17) is 0 Å². The summed E-state index contributed by atoms with van der Waals surface area (Å²) in [4.78, 5) is 0. The number of unbranched alkanes of at least 4 members (excludes halogenated alkanes) is 2. The van der Waals surface area contributed by atoms with Gasteiger partial charge in [-0.3, -0.25) is 0 Å². The molecule has 0 bridgehead atoms. The molecule has 5 heteroatoms. The molecule has 2 N–H and O–H groups in total. The first-order chi connectivity index (χ1) is 6.43. The van der Waals surface area contributed by atoms with Crippen LogP contribution in [0.4, 0.5) is 5.82 Å². The molecule has 0 aliphatic rings. The van der Waals surface area contributed by atoms with Crippen molar-refractivity contribution < 1.29 is 0 Å². The highest BCUT2D eigenvalue weighted by Crippen LogP contribution is 1.94. The summed E-state index contributed by atoms with van der Waals surface area (Å²) < 4.78 is 0. The average Bonchev–Trinajstić information content (AvgIpc) is 2.19. The molecule has 0 radical (unpaired) electrons. The van der Waals surface area contributed by atoms with Crippen molar-refractivity contribution in [3.63, 3.8) is 0 Å². The molecule has 1 rings (SSSR count). The normalized spacial score (nSPS) is 9.92. The number of aromatic nitrogens is 3. The average molecular weight is 181 g/mol. The van der Waals surface area contributed by atoms with E-state index in [1.54, 1.807) is 12.3 Å². The Bertz CT molecular complexity index is 213. The second kappa shape index (κ2) is 6.30. The Balaban J connectivity index is 2.07. The van der Waals surface area contributed by atoms with Crippen molar-refractivity contribution in [3.8, 4) is 0 Å². The predicted molar refractivity (Wildman–Crippen MR) is 51.0 cm³/mol. The fraction of sp³-hybridized carbons (Fsp3) is 0.625. The van der Waals surface area contributed by atoms with E-state index in [9.17, 15) is 0 Å². The van der Waals surface area contributed by atoms with Gasteiger partial charge in [-0.25, -0.2) is 5.43 Å². The lowest BCUT2D eigenvalue weighted by Gasteiger charge is -2.04. The second-order valence-electron chi connectivity index (χ2n) is 2.76. The Morgan fingerprint density at radius 3 is 3.00 bits per heavy atom. The van der Waals surface area contributed by atoms with Crippen LogP contribution in [0.3, 0.4) is 0 Å². The van der Waals surface area contributed by atoms with Gasteiger partial charge in [0.15, 0.2) is 5.82 Å². The van der Waals surface area contributed by atoms with E-state index >= 15 is 0 Å². The number of rotatable bonds is 6. The minimum absolute atomic E-state index is 0.700. The Morgan fingerprint density at radius 1 is 1.38 bits per heavy atom. The molecule has 0 unspecified atom stereocenters. The molecule has 0 aromatic carbocycles. The standard InChI is InChI=1S/C8H15N5/c1-2-3-4-6-9-11-8-5-7-10-13-12-8/h5,7,9H,2-4,6H2,1H3,(H,10,11,12). The first-order valence-corrected chi connectivity index (χ1v) is 4.56. The third kappa shape index (κ3) is 4.37. The number of nitrogens with zero attached hydrogens (tertiary/aromatic N) is 3. The summed E-state index contributed by atoms with van der Waals surface area (Å²) in [6.45, 7) is 3.12. The van der Waals surface area contributed by atoms with Gasteiger partial charge in [-0.1, -0.05) is 19.8 Å². The minimum Gasteiger partial charge on any atom is -0.304 e. The second-order valence-corrected chi connectivity index (χ2v) is 2.76. The smallest absolute Gasteiger partial charge is 0.166 e. The number of hydrazine groups is 1. The van der Waals surface area contributed by atoms with Crippen LogP contribution in [0.5, 0.6) is 0 Å². The van der Waals surface area contributed by atoms with Gasteiger partial charge in [0.25, 0.3) is 0 Å². The zero-order valence-corrected chi connectivity index (χ0v) is 7.82. The molecule has 0 saturated carbocycles. The van der Waals surface area contributed by atoms with Crippen molar-refractivity contribution in [1.29, 1.82) is 0 Å². The quantitative estimate of drug-likeness (QED) is 0.506. The monoisotopic (exact) mass is 181 g/mol. The van der Waals surface area contributed by atoms with Gasteiger partial charge in [-0.05, 0) is 11.6 Å². The first kappa shape index (κ1) is 9.85. The van der Waals surface area contributed by atoms with E-state index in [0.717, 1.165) is 6.54 Å². The Kier molecular flexibility index (Phi) is 4.78. The fourth-order valence-corrected chi connectivity index (χ4v) is 0.924. The van der Waals surface area contributed by atoms with Crippen LogP contribution in [-0.4, -0.2) is 22.0 Å². The van der Waals surface area contributed by atoms with Crippen LogP contribution in [0, 0.1) is 0 Å². The summed E-state index contributed by atoms with van der Waals surface area (Å²) in [6.07, 6.45) is 5.25. The predicted octanol–water partition coefficient (Wildman–Crippen LogP) is 0.978. The van der Waals surface area contributed by atoms with Crippen LogP contribution in [0.25, 0.3) is 0 Å². The Labute approximate surface area is 77.9 Å². The highest BCUT2D eigenvalue weighted by atomic mass is 15.4. The minimum atomic E-state index is 0.700. The molecule has 72 valence electrons. The molecule has 0 amide bonds. The fourth-order valence-electron chi connectivity index (χ4n) is 0.924. The van der Waals surface area contributed by atoms with Gasteiger partial charge in [0, 0.05) is 12.6 Å². The molecule has 13 heavy (non-hydrogen) atoms. The first-order valence-electron chi connectivity index (χ1n) is 4.56. The summed E-state index contributed by atoms with van der Waals surface area (Å²) in [7, 11) is 0. The summed E-state index contributed by atoms with van der Waals surface area (Å²) >= 11 is 0. The lowest BCUT2D eigenvalue weighted by atomic mass is 10.2. The number of nitrogens with one attached hydrogen (secondary N) is 2. The van der Waals surface area contributed by atoms with E-state index in [1.807, 2.05) is 0 Å². The van der Waals surface area contributed by atoms with Crippen LogP contribution in [0.15, 0.2) is 12.3 Å². The van der Waals surface area contributed by atoms with Gasteiger partial charge in [0.05, 0.1) is 6.20 Å². The largest absolute Gasteiger partial charge is 0.304 e. The summed E-state index contributed by atoms with van der Waals surface area (Å²) in [5.41, 5.74) is 6.00. The van der Waals surface area contributed by atoms with Crippen LogP contribution < -0.4 is 10.9 Å². The van der Waals surface area contributed by atoms with Crippen molar-refractivity contribution in [2.75, 3.05) is 12.0 Å². The van der Waals surface area contributed by atoms with Crippen LogP contribution in [0.1, 0.15) is 26.2 Å². The number of hydrogen-bond acceptors (Lipinski definition) is 5.